The van der Waals surface area contributed by atoms with Crippen LogP contribution in [0, 0.1) is 6.92 Å². The summed E-state index contributed by atoms with van der Waals surface area (Å²) in [6, 6.07) is 18.6. The molecule has 1 N–H and O–H groups in total. The summed E-state index contributed by atoms with van der Waals surface area (Å²) in [5.41, 5.74) is 8.33. The van der Waals surface area contributed by atoms with Gasteiger partial charge >= 0.3 is 0 Å². The summed E-state index contributed by atoms with van der Waals surface area (Å²) >= 11 is 0. The first-order valence-corrected chi connectivity index (χ1v) is 14.3. The number of fused-ring (bicyclic) bond motifs is 3. The van der Waals surface area contributed by atoms with Crippen molar-refractivity contribution in [2.24, 2.45) is 0 Å². The molecule has 0 bridgehead atoms. The standard InChI is InChI=1S/C33H34N4O4/c1-20-14-24(8-9-26(20)22-4-6-23(7-5-22)31-35-30(18-39-3)41-36-31)32(38)37-21(2)15-25-16-29-27(17-28(25)37)33(19-40-29)10-12-34-13-11-33/h4-9,14,16-17,21,34H,10-13,15,18-19H2,1-3H3/t21-/m1/s1. The van der Waals surface area contributed by atoms with Crippen molar-refractivity contribution in [3.8, 4) is 28.3 Å². The Morgan fingerprint density at radius 1 is 1.10 bits per heavy atom. The molecule has 8 heteroatoms. The summed E-state index contributed by atoms with van der Waals surface area (Å²) in [7, 11) is 1.59. The van der Waals surface area contributed by atoms with E-state index in [2.05, 4.69) is 41.4 Å². The first-order valence-electron chi connectivity index (χ1n) is 14.3. The summed E-state index contributed by atoms with van der Waals surface area (Å²) in [6.45, 7) is 7.21. The molecular formula is C33H34N4O4. The van der Waals surface area contributed by atoms with E-state index in [1.807, 2.05) is 47.4 Å². The smallest absolute Gasteiger partial charge is 0.258 e. The monoisotopic (exact) mass is 550 g/mol. The van der Waals surface area contributed by atoms with Gasteiger partial charge in [0.05, 0.1) is 6.61 Å². The lowest BCUT2D eigenvalue weighted by molar-refractivity contribution is 0.0981. The predicted molar refractivity (Wildman–Crippen MR) is 156 cm³/mol. The Morgan fingerprint density at radius 2 is 1.88 bits per heavy atom. The fourth-order valence-corrected chi connectivity index (χ4v) is 6.71. The molecule has 210 valence electrons. The lowest BCUT2D eigenvalue weighted by atomic mass is 9.74. The Morgan fingerprint density at radius 3 is 2.63 bits per heavy atom. The maximum Gasteiger partial charge on any atom is 0.258 e. The summed E-state index contributed by atoms with van der Waals surface area (Å²) in [5.74, 6) is 2.03. The van der Waals surface area contributed by atoms with E-state index in [1.165, 1.54) is 11.1 Å². The first-order chi connectivity index (χ1) is 20.0. The second-order valence-electron chi connectivity index (χ2n) is 11.6. The minimum Gasteiger partial charge on any atom is -0.492 e. The number of benzene rings is 3. The number of aryl methyl sites for hydroxylation is 1. The number of aromatic nitrogens is 2. The SMILES string of the molecule is COCc1nc(-c2ccc(-c3ccc(C(=O)N4c5cc6c(cc5C[C@H]4C)OCC64CCNCC4)cc3C)cc2)no1. The van der Waals surface area contributed by atoms with E-state index in [9.17, 15) is 4.79 Å². The van der Waals surface area contributed by atoms with Gasteiger partial charge in [-0.1, -0.05) is 35.5 Å². The third-order valence-electron chi connectivity index (χ3n) is 8.91. The van der Waals surface area contributed by atoms with Crippen molar-refractivity contribution >= 4 is 11.6 Å². The van der Waals surface area contributed by atoms with Crippen molar-refractivity contribution < 1.29 is 18.8 Å². The summed E-state index contributed by atoms with van der Waals surface area (Å²) in [5, 5.41) is 7.52. The molecule has 3 aliphatic rings. The van der Waals surface area contributed by atoms with Gasteiger partial charge in [0.25, 0.3) is 11.8 Å². The molecule has 7 rings (SSSR count). The van der Waals surface area contributed by atoms with E-state index in [0.717, 1.165) is 72.6 Å². The van der Waals surface area contributed by atoms with Crippen molar-refractivity contribution in [3.05, 3.63) is 82.7 Å². The molecule has 1 amide bonds. The second-order valence-corrected chi connectivity index (χ2v) is 11.6. The Labute approximate surface area is 239 Å². The van der Waals surface area contributed by atoms with Crippen molar-refractivity contribution in [2.45, 2.75) is 51.2 Å². The third kappa shape index (κ3) is 4.42. The Hall–Kier alpha value is -4.01. The van der Waals surface area contributed by atoms with Crippen molar-refractivity contribution in [3.63, 3.8) is 0 Å². The van der Waals surface area contributed by atoms with E-state index < -0.39 is 0 Å². The van der Waals surface area contributed by atoms with Gasteiger partial charge in [-0.3, -0.25) is 4.79 Å². The average Bonchev–Trinajstić information content (AvgIpc) is 3.68. The molecule has 3 aliphatic heterocycles. The number of amides is 1. The van der Waals surface area contributed by atoms with Crippen LogP contribution in [-0.2, 0) is 23.2 Å². The molecule has 3 aromatic carbocycles. The van der Waals surface area contributed by atoms with Crippen LogP contribution in [0.3, 0.4) is 0 Å². The molecule has 8 nitrogen and oxygen atoms in total. The fourth-order valence-electron chi connectivity index (χ4n) is 6.71. The van der Waals surface area contributed by atoms with Crippen molar-refractivity contribution in [2.75, 3.05) is 31.7 Å². The Balaban J connectivity index is 1.14. The molecule has 41 heavy (non-hydrogen) atoms. The number of hydrogen-bond donors (Lipinski definition) is 1. The quantitative estimate of drug-likeness (QED) is 0.353. The van der Waals surface area contributed by atoms with Crippen molar-refractivity contribution in [1.29, 1.82) is 0 Å². The maximum atomic E-state index is 14.0. The highest BCUT2D eigenvalue weighted by molar-refractivity contribution is 6.08. The number of carbonyl (C=O) groups excluding carboxylic acids is 1. The number of anilines is 1. The van der Waals surface area contributed by atoms with Crippen LogP contribution in [0.5, 0.6) is 5.75 Å². The molecule has 1 saturated heterocycles. The van der Waals surface area contributed by atoms with Crippen LogP contribution in [0.4, 0.5) is 5.69 Å². The fraction of sp³-hybridized carbons (Fsp3) is 0.364. The van der Waals surface area contributed by atoms with Crippen molar-refractivity contribution in [1.82, 2.24) is 15.5 Å². The minimum absolute atomic E-state index is 0.0449. The van der Waals surface area contributed by atoms with E-state index >= 15 is 0 Å². The predicted octanol–water partition coefficient (Wildman–Crippen LogP) is 5.46. The Kier molecular flexibility index (Phi) is 6.40. The molecule has 0 unspecified atom stereocenters. The number of ether oxygens (including phenoxy) is 2. The van der Waals surface area contributed by atoms with Gasteiger partial charge < -0.3 is 24.2 Å². The molecule has 1 atom stereocenters. The van der Waals surface area contributed by atoms with E-state index in [0.29, 0.717) is 17.3 Å². The lowest BCUT2D eigenvalue weighted by Crippen LogP contribution is -2.41. The topological polar surface area (TPSA) is 89.7 Å². The number of nitrogens with zero attached hydrogens (tertiary/aromatic N) is 3. The van der Waals surface area contributed by atoms with Crippen LogP contribution in [0.25, 0.3) is 22.5 Å². The van der Waals surface area contributed by atoms with Crippen LogP contribution >= 0.6 is 0 Å². The van der Waals surface area contributed by atoms with Gasteiger partial charge in [-0.05, 0) is 92.7 Å². The zero-order chi connectivity index (χ0) is 28.1. The lowest BCUT2D eigenvalue weighted by Gasteiger charge is -2.33. The largest absolute Gasteiger partial charge is 0.492 e. The van der Waals surface area contributed by atoms with E-state index in [1.54, 1.807) is 7.11 Å². The van der Waals surface area contributed by atoms with Crippen LogP contribution in [0.15, 0.2) is 59.1 Å². The molecule has 4 heterocycles. The highest BCUT2D eigenvalue weighted by Gasteiger charge is 2.44. The summed E-state index contributed by atoms with van der Waals surface area (Å²) in [4.78, 5) is 20.4. The molecule has 0 radical (unpaired) electrons. The minimum atomic E-state index is 0.0449. The van der Waals surface area contributed by atoms with Gasteiger partial charge in [-0.2, -0.15) is 4.98 Å². The maximum absolute atomic E-state index is 14.0. The average molecular weight is 551 g/mol. The molecule has 0 saturated carbocycles. The number of methoxy groups -OCH3 is 1. The van der Waals surface area contributed by atoms with Crippen LogP contribution in [0.1, 0.15) is 52.7 Å². The van der Waals surface area contributed by atoms with Gasteiger partial charge in [0.2, 0.25) is 5.82 Å². The highest BCUT2D eigenvalue weighted by Crippen LogP contribution is 2.49. The molecular weight excluding hydrogens is 516 g/mol. The second kappa shape index (κ2) is 10.1. The van der Waals surface area contributed by atoms with Gasteiger partial charge in [-0.15, -0.1) is 0 Å². The molecule has 1 aromatic heterocycles. The Bertz CT molecular complexity index is 1620. The van der Waals surface area contributed by atoms with Gasteiger partial charge in [0.15, 0.2) is 0 Å². The van der Waals surface area contributed by atoms with Crippen LogP contribution in [-0.4, -0.2) is 48.9 Å². The van der Waals surface area contributed by atoms with Gasteiger partial charge in [-0.25, -0.2) is 0 Å². The summed E-state index contributed by atoms with van der Waals surface area (Å²) < 4.78 is 16.5. The number of rotatable bonds is 5. The van der Waals surface area contributed by atoms with E-state index in [-0.39, 0.29) is 24.0 Å². The van der Waals surface area contributed by atoms with Crippen LogP contribution < -0.4 is 15.0 Å². The molecule has 0 aliphatic carbocycles. The zero-order valence-corrected chi connectivity index (χ0v) is 23.7. The number of hydrogen-bond acceptors (Lipinski definition) is 7. The van der Waals surface area contributed by atoms with Gasteiger partial charge in [0.1, 0.15) is 12.4 Å². The normalized spacial score (nSPS) is 18.8. The molecule has 1 fully saturated rings. The zero-order valence-electron chi connectivity index (χ0n) is 23.7. The van der Waals surface area contributed by atoms with Gasteiger partial charge in [0, 0.05) is 40.9 Å². The highest BCUT2D eigenvalue weighted by atomic mass is 16.5. The van der Waals surface area contributed by atoms with E-state index in [4.69, 9.17) is 14.0 Å². The number of piperidine rings is 1. The van der Waals surface area contributed by atoms with Crippen LogP contribution in [0.2, 0.25) is 0 Å². The third-order valence-corrected chi connectivity index (χ3v) is 8.91. The molecule has 4 aromatic rings. The summed E-state index contributed by atoms with van der Waals surface area (Å²) in [6.07, 6.45) is 2.96. The number of nitrogens with one attached hydrogen (secondary N) is 1. The number of carbonyl (C=O) groups is 1. The first kappa shape index (κ1) is 25.9. The molecule has 1 spiro atoms.